The van der Waals surface area contributed by atoms with Crippen LogP contribution in [0.4, 0.5) is 5.69 Å². The SMILES string of the molecule is O=C(/C=C/c1ccco1)NCCn1cc([N+](=O)[O-])cn1. The molecule has 2 aromatic heterocycles. The highest BCUT2D eigenvalue weighted by molar-refractivity contribution is 5.91. The van der Waals surface area contributed by atoms with Crippen LogP contribution in [0.1, 0.15) is 5.76 Å². The van der Waals surface area contributed by atoms with E-state index in [1.165, 1.54) is 29.4 Å². The summed E-state index contributed by atoms with van der Waals surface area (Å²) < 4.78 is 6.44. The number of hydrogen-bond acceptors (Lipinski definition) is 5. The molecule has 8 nitrogen and oxygen atoms in total. The van der Waals surface area contributed by atoms with E-state index < -0.39 is 4.92 Å². The Hall–Kier alpha value is -2.90. The molecule has 1 amide bonds. The molecule has 1 N–H and O–H groups in total. The molecule has 0 saturated carbocycles. The number of nitro groups is 1. The Morgan fingerprint density at radius 1 is 1.60 bits per heavy atom. The van der Waals surface area contributed by atoms with E-state index in [-0.39, 0.29) is 11.6 Å². The smallest absolute Gasteiger partial charge is 0.306 e. The molecule has 0 aliphatic carbocycles. The molecule has 0 unspecified atom stereocenters. The van der Waals surface area contributed by atoms with Gasteiger partial charge < -0.3 is 9.73 Å². The highest BCUT2D eigenvalue weighted by Gasteiger charge is 2.08. The third kappa shape index (κ3) is 3.80. The van der Waals surface area contributed by atoms with Gasteiger partial charge in [0.1, 0.15) is 18.2 Å². The lowest BCUT2D eigenvalue weighted by Crippen LogP contribution is -2.25. The maximum atomic E-state index is 11.5. The van der Waals surface area contributed by atoms with Crippen molar-refractivity contribution in [3.8, 4) is 0 Å². The van der Waals surface area contributed by atoms with Crippen molar-refractivity contribution in [3.63, 3.8) is 0 Å². The van der Waals surface area contributed by atoms with Crippen LogP contribution in [-0.2, 0) is 11.3 Å². The fraction of sp³-hybridized carbons (Fsp3) is 0.167. The number of nitrogens with one attached hydrogen (secondary N) is 1. The lowest BCUT2D eigenvalue weighted by Gasteiger charge is -2.01. The largest absolute Gasteiger partial charge is 0.465 e. The molecule has 0 saturated heterocycles. The lowest BCUT2D eigenvalue weighted by atomic mass is 10.4. The van der Waals surface area contributed by atoms with Crippen LogP contribution in [0.15, 0.2) is 41.3 Å². The van der Waals surface area contributed by atoms with Crippen LogP contribution in [0.2, 0.25) is 0 Å². The normalized spacial score (nSPS) is 10.8. The number of carbonyl (C=O) groups is 1. The van der Waals surface area contributed by atoms with Gasteiger partial charge in [-0.15, -0.1) is 0 Å². The van der Waals surface area contributed by atoms with Gasteiger partial charge in [-0.3, -0.25) is 19.6 Å². The molecule has 2 rings (SSSR count). The number of aromatic nitrogens is 2. The van der Waals surface area contributed by atoms with Gasteiger partial charge in [0.05, 0.1) is 17.7 Å². The zero-order chi connectivity index (χ0) is 14.4. The predicted molar refractivity (Wildman–Crippen MR) is 69.6 cm³/mol. The van der Waals surface area contributed by atoms with Gasteiger partial charge in [0.2, 0.25) is 5.91 Å². The molecule has 2 aromatic rings. The minimum absolute atomic E-state index is 0.0750. The van der Waals surface area contributed by atoms with Crippen molar-refractivity contribution in [2.45, 2.75) is 6.54 Å². The molecule has 0 bridgehead atoms. The molecule has 104 valence electrons. The third-order valence-corrected chi connectivity index (χ3v) is 2.41. The van der Waals surface area contributed by atoms with Crippen molar-refractivity contribution in [3.05, 3.63) is 52.7 Å². The van der Waals surface area contributed by atoms with Crippen molar-refractivity contribution < 1.29 is 14.1 Å². The Morgan fingerprint density at radius 2 is 2.45 bits per heavy atom. The predicted octanol–water partition coefficient (Wildman–Crippen LogP) is 1.21. The van der Waals surface area contributed by atoms with Crippen LogP contribution in [0.5, 0.6) is 0 Å². The molecule has 0 atom stereocenters. The maximum Gasteiger partial charge on any atom is 0.306 e. The van der Waals surface area contributed by atoms with Gasteiger partial charge >= 0.3 is 5.69 Å². The molecule has 0 aliphatic heterocycles. The monoisotopic (exact) mass is 276 g/mol. The van der Waals surface area contributed by atoms with Gasteiger partial charge in [-0.1, -0.05) is 0 Å². The molecular formula is C12H12N4O4. The molecular weight excluding hydrogens is 264 g/mol. The van der Waals surface area contributed by atoms with Crippen molar-refractivity contribution in [1.29, 1.82) is 0 Å². The second-order valence-corrected chi connectivity index (χ2v) is 3.86. The summed E-state index contributed by atoms with van der Waals surface area (Å²) in [5.41, 5.74) is -0.0750. The number of furan rings is 1. The Morgan fingerprint density at radius 3 is 3.10 bits per heavy atom. The van der Waals surface area contributed by atoms with Gasteiger partial charge in [0, 0.05) is 12.6 Å². The Kier molecular flexibility index (Phi) is 4.28. The first-order valence-corrected chi connectivity index (χ1v) is 5.81. The van der Waals surface area contributed by atoms with Crippen LogP contribution in [0.25, 0.3) is 6.08 Å². The van der Waals surface area contributed by atoms with E-state index in [9.17, 15) is 14.9 Å². The van der Waals surface area contributed by atoms with Crippen molar-refractivity contribution in [1.82, 2.24) is 15.1 Å². The van der Waals surface area contributed by atoms with Gasteiger partial charge in [-0.25, -0.2) is 0 Å². The minimum Gasteiger partial charge on any atom is -0.465 e. The second kappa shape index (κ2) is 6.32. The minimum atomic E-state index is -0.520. The fourth-order valence-electron chi connectivity index (χ4n) is 1.47. The van der Waals surface area contributed by atoms with E-state index >= 15 is 0 Å². The van der Waals surface area contributed by atoms with Gasteiger partial charge in [-0.05, 0) is 18.2 Å². The summed E-state index contributed by atoms with van der Waals surface area (Å²) in [6.07, 6.45) is 6.89. The molecule has 0 aliphatic rings. The van der Waals surface area contributed by atoms with Crippen LogP contribution < -0.4 is 5.32 Å². The lowest BCUT2D eigenvalue weighted by molar-refractivity contribution is -0.385. The Bertz CT molecular complexity index is 615. The summed E-state index contributed by atoms with van der Waals surface area (Å²) in [5.74, 6) is 0.311. The van der Waals surface area contributed by atoms with E-state index in [4.69, 9.17) is 4.42 Å². The zero-order valence-corrected chi connectivity index (χ0v) is 10.4. The number of rotatable bonds is 6. The molecule has 0 radical (unpaired) electrons. The quantitative estimate of drug-likeness (QED) is 0.485. The van der Waals surface area contributed by atoms with Crippen LogP contribution in [0.3, 0.4) is 0 Å². The maximum absolute atomic E-state index is 11.5. The van der Waals surface area contributed by atoms with Gasteiger partial charge in [0.15, 0.2) is 0 Å². The third-order valence-electron chi connectivity index (χ3n) is 2.41. The van der Waals surface area contributed by atoms with Crippen molar-refractivity contribution in [2.75, 3.05) is 6.54 Å². The second-order valence-electron chi connectivity index (χ2n) is 3.86. The number of nitrogens with zero attached hydrogens (tertiary/aromatic N) is 3. The first-order valence-electron chi connectivity index (χ1n) is 5.81. The van der Waals surface area contributed by atoms with Gasteiger partial charge in [0.25, 0.3) is 0 Å². The average Bonchev–Trinajstić information content (AvgIpc) is 3.07. The molecule has 20 heavy (non-hydrogen) atoms. The van der Waals surface area contributed by atoms with E-state index in [0.29, 0.717) is 18.8 Å². The first-order chi connectivity index (χ1) is 9.65. The molecule has 0 spiro atoms. The van der Waals surface area contributed by atoms with E-state index in [2.05, 4.69) is 10.4 Å². The summed E-state index contributed by atoms with van der Waals surface area (Å²) in [6, 6.07) is 3.45. The topological polar surface area (TPSA) is 103 Å². The van der Waals surface area contributed by atoms with E-state index in [1.807, 2.05) is 0 Å². The van der Waals surface area contributed by atoms with Crippen LogP contribution in [0, 0.1) is 10.1 Å². The number of hydrogen-bond donors (Lipinski definition) is 1. The highest BCUT2D eigenvalue weighted by atomic mass is 16.6. The highest BCUT2D eigenvalue weighted by Crippen LogP contribution is 2.07. The molecule has 8 heteroatoms. The first kappa shape index (κ1) is 13.5. The summed E-state index contributed by atoms with van der Waals surface area (Å²) in [7, 11) is 0. The zero-order valence-electron chi connectivity index (χ0n) is 10.4. The summed E-state index contributed by atoms with van der Waals surface area (Å²) >= 11 is 0. The van der Waals surface area contributed by atoms with Crippen LogP contribution in [-0.4, -0.2) is 27.2 Å². The fourth-order valence-corrected chi connectivity index (χ4v) is 1.47. The summed E-state index contributed by atoms with van der Waals surface area (Å²) in [5, 5.41) is 16.9. The molecule has 2 heterocycles. The molecule has 0 fully saturated rings. The summed E-state index contributed by atoms with van der Waals surface area (Å²) in [4.78, 5) is 21.4. The Balaban J connectivity index is 1.75. The van der Waals surface area contributed by atoms with E-state index in [1.54, 1.807) is 18.2 Å². The number of carbonyl (C=O) groups excluding carboxylic acids is 1. The summed E-state index contributed by atoms with van der Waals surface area (Å²) in [6.45, 7) is 0.675. The molecule has 0 aromatic carbocycles. The van der Waals surface area contributed by atoms with E-state index in [0.717, 1.165) is 0 Å². The van der Waals surface area contributed by atoms with Crippen molar-refractivity contribution >= 4 is 17.7 Å². The average molecular weight is 276 g/mol. The Labute approximate surface area is 113 Å². The number of amides is 1. The standard InChI is InChI=1S/C12H12N4O4/c17-12(4-3-11-2-1-7-20-11)13-5-6-15-9-10(8-14-15)16(18)19/h1-4,7-9H,5-6H2,(H,13,17)/b4-3+. The van der Waals surface area contributed by atoms with Crippen molar-refractivity contribution in [2.24, 2.45) is 0 Å². The van der Waals surface area contributed by atoms with Crippen LogP contribution >= 0.6 is 0 Å². The van der Waals surface area contributed by atoms with Gasteiger partial charge in [-0.2, -0.15) is 5.10 Å².